The number of aryl methyl sites for hydroxylation is 1. The van der Waals surface area contributed by atoms with Crippen LogP contribution in [0, 0.1) is 6.92 Å². The molecule has 1 aliphatic heterocycles. The molecule has 0 aliphatic carbocycles. The smallest absolute Gasteiger partial charge is 0.321 e. The Kier molecular flexibility index (Phi) is 6.06. The summed E-state index contributed by atoms with van der Waals surface area (Å²) in [7, 11) is 0. The Bertz CT molecular complexity index is 484. The highest BCUT2D eigenvalue weighted by molar-refractivity contribution is 9.10. The molecular weight excluding hydrogens is 330 g/mol. The minimum atomic E-state index is 0.000828. The van der Waals surface area contributed by atoms with Gasteiger partial charge in [-0.15, -0.1) is 0 Å². The number of halogens is 1. The SMILES string of the molecule is CCCCN1CCN(C(=O)Nc2ccc(C)c(Br)c2)CC1. The quantitative estimate of drug-likeness (QED) is 0.895. The van der Waals surface area contributed by atoms with Crippen molar-refractivity contribution < 1.29 is 4.79 Å². The van der Waals surface area contributed by atoms with Crippen molar-refractivity contribution in [1.82, 2.24) is 9.80 Å². The first-order chi connectivity index (χ1) is 10.1. The number of piperazine rings is 1. The van der Waals surface area contributed by atoms with Gasteiger partial charge >= 0.3 is 6.03 Å². The summed E-state index contributed by atoms with van der Waals surface area (Å²) in [5.74, 6) is 0. The fraction of sp³-hybridized carbons (Fsp3) is 0.562. The van der Waals surface area contributed by atoms with Crippen LogP contribution >= 0.6 is 15.9 Å². The number of nitrogens with one attached hydrogen (secondary N) is 1. The largest absolute Gasteiger partial charge is 0.322 e. The maximum atomic E-state index is 12.3. The van der Waals surface area contributed by atoms with E-state index >= 15 is 0 Å². The number of benzene rings is 1. The third-order valence-corrected chi connectivity index (χ3v) is 4.76. The van der Waals surface area contributed by atoms with E-state index in [1.807, 2.05) is 30.0 Å². The van der Waals surface area contributed by atoms with Crippen molar-refractivity contribution in [3.05, 3.63) is 28.2 Å². The summed E-state index contributed by atoms with van der Waals surface area (Å²) in [6.45, 7) is 8.96. The number of carbonyl (C=O) groups is 1. The first-order valence-corrected chi connectivity index (χ1v) is 8.44. The summed E-state index contributed by atoms with van der Waals surface area (Å²) in [6, 6.07) is 5.89. The molecule has 2 amide bonds. The number of nitrogens with zero attached hydrogens (tertiary/aromatic N) is 2. The molecule has 21 heavy (non-hydrogen) atoms. The summed E-state index contributed by atoms with van der Waals surface area (Å²) in [5.41, 5.74) is 2.00. The zero-order valence-electron chi connectivity index (χ0n) is 12.9. The predicted octanol–water partition coefficient (Wildman–Crippen LogP) is 3.71. The van der Waals surface area contributed by atoms with Gasteiger partial charge in [0.2, 0.25) is 0 Å². The van der Waals surface area contributed by atoms with E-state index in [-0.39, 0.29) is 6.03 Å². The van der Waals surface area contributed by atoms with Crippen LogP contribution in [0.1, 0.15) is 25.3 Å². The minimum absolute atomic E-state index is 0.000828. The van der Waals surface area contributed by atoms with Crippen molar-refractivity contribution in [2.24, 2.45) is 0 Å². The molecule has 1 saturated heterocycles. The van der Waals surface area contributed by atoms with Crippen molar-refractivity contribution in [3.63, 3.8) is 0 Å². The number of amides is 2. The molecule has 1 aliphatic rings. The van der Waals surface area contributed by atoms with Crippen molar-refractivity contribution in [1.29, 1.82) is 0 Å². The van der Waals surface area contributed by atoms with E-state index in [0.717, 1.165) is 48.4 Å². The van der Waals surface area contributed by atoms with Crippen molar-refractivity contribution in [2.45, 2.75) is 26.7 Å². The predicted molar refractivity (Wildman–Crippen MR) is 90.8 cm³/mol. The van der Waals surface area contributed by atoms with Gasteiger partial charge in [0.1, 0.15) is 0 Å². The lowest BCUT2D eigenvalue weighted by Crippen LogP contribution is -2.50. The number of rotatable bonds is 4. The molecule has 0 unspecified atom stereocenters. The first kappa shape index (κ1) is 16.3. The standard InChI is InChI=1S/C16H24BrN3O/c1-3-4-7-19-8-10-20(11-9-19)16(21)18-14-6-5-13(2)15(17)12-14/h5-6,12H,3-4,7-11H2,1-2H3,(H,18,21). The second kappa shape index (κ2) is 7.80. The summed E-state index contributed by atoms with van der Waals surface area (Å²) < 4.78 is 1.02. The molecule has 0 atom stereocenters. The molecule has 1 aromatic rings. The molecule has 0 aromatic heterocycles. The fourth-order valence-corrected chi connectivity index (χ4v) is 2.81. The topological polar surface area (TPSA) is 35.6 Å². The molecular formula is C16H24BrN3O. The molecule has 1 fully saturated rings. The molecule has 116 valence electrons. The first-order valence-electron chi connectivity index (χ1n) is 7.64. The van der Waals surface area contributed by atoms with Crippen LogP contribution in [0.5, 0.6) is 0 Å². The van der Waals surface area contributed by atoms with Crippen molar-refractivity contribution in [2.75, 3.05) is 38.0 Å². The van der Waals surface area contributed by atoms with Crippen LogP contribution in [0.15, 0.2) is 22.7 Å². The van der Waals surface area contributed by atoms with Gasteiger partial charge in [-0.25, -0.2) is 4.79 Å². The Morgan fingerprint density at radius 1 is 1.29 bits per heavy atom. The maximum absolute atomic E-state index is 12.3. The average molecular weight is 354 g/mol. The molecule has 2 rings (SSSR count). The highest BCUT2D eigenvalue weighted by atomic mass is 79.9. The zero-order chi connectivity index (χ0) is 15.2. The van der Waals surface area contributed by atoms with Crippen LogP contribution in [0.2, 0.25) is 0 Å². The van der Waals surface area contributed by atoms with Crippen molar-refractivity contribution >= 4 is 27.6 Å². The Morgan fingerprint density at radius 2 is 2.00 bits per heavy atom. The van der Waals surface area contributed by atoms with Gasteiger partial charge in [0.05, 0.1) is 0 Å². The minimum Gasteiger partial charge on any atom is -0.322 e. The van der Waals surface area contributed by atoms with E-state index < -0.39 is 0 Å². The Labute approximate surface area is 135 Å². The van der Waals surface area contributed by atoms with Crippen molar-refractivity contribution in [3.8, 4) is 0 Å². The molecule has 0 saturated carbocycles. The normalized spacial score (nSPS) is 16.0. The summed E-state index contributed by atoms with van der Waals surface area (Å²) in [6.07, 6.45) is 2.46. The second-order valence-electron chi connectivity index (χ2n) is 5.58. The highest BCUT2D eigenvalue weighted by Crippen LogP contribution is 2.21. The second-order valence-corrected chi connectivity index (χ2v) is 6.43. The van der Waals surface area contributed by atoms with Crippen LogP contribution in [0.3, 0.4) is 0 Å². The van der Waals surface area contributed by atoms with Crippen LogP contribution in [0.25, 0.3) is 0 Å². The van der Waals surface area contributed by atoms with Gasteiger partial charge in [-0.05, 0) is 37.6 Å². The third kappa shape index (κ3) is 4.71. The molecule has 4 nitrogen and oxygen atoms in total. The van der Waals surface area contributed by atoms with E-state index in [4.69, 9.17) is 0 Å². The van der Waals surface area contributed by atoms with Crippen LogP contribution in [-0.2, 0) is 0 Å². The lowest BCUT2D eigenvalue weighted by atomic mass is 10.2. The molecule has 0 spiro atoms. The summed E-state index contributed by atoms with van der Waals surface area (Å²) >= 11 is 3.49. The Balaban J connectivity index is 1.83. The lowest BCUT2D eigenvalue weighted by Gasteiger charge is -2.34. The number of unbranched alkanes of at least 4 members (excludes halogenated alkanes) is 1. The van der Waals surface area contributed by atoms with Gasteiger partial charge in [-0.1, -0.05) is 35.3 Å². The number of hydrogen-bond donors (Lipinski definition) is 1. The van der Waals surface area contributed by atoms with Gasteiger partial charge < -0.3 is 10.2 Å². The highest BCUT2D eigenvalue weighted by Gasteiger charge is 2.20. The van der Waals surface area contributed by atoms with Crippen LogP contribution in [-0.4, -0.2) is 48.6 Å². The Hall–Kier alpha value is -1.07. The van der Waals surface area contributed by atoms with Gasteiger partial charge in [-0.2, -0.15) is 0 Å². The van der Waals surface area contributed by atoms with E-state index in [0.29, 0.717) is 0 Å². The zero-order valence-corrected chi connectivity index (χ0v) is 14.4. The van der Waals surface area contributed by atoms with Crippen LogP contribution < -0.4 is 5.32 Å². The van der Waals surface area contributed by atoms with Gasteiger partial charge in [0, 0.05) is 36.3 Å². The lowest BCUT2D eigenvalue weighted by molar-refractivity contribution is 0.146. The van der Waals surface area contributed by atoms with E-state index in [2.05, 4.69) is 33.1 Å². The molecule has 0 bridgehead atoms. The molecule has 1 aromatic carbocycles. The van der Waals surface area contributed by atoms with Gasteiger partial charge in [0.25, 0.3) is 0 Å². The van der Waals surface area contributed by atoms with E-state index in [9.17, 15) is 4.79 Å². The summed E-state index contributed by atoms with van der Waals surface area (Å²) in [5, 5.41) is 2.98. The number of hydrogen-bond acceptors (Lipinski definition) is 2. The fourth-order valence-electron chi connectivity index (χ4n) is 2.43. The monoisotopic (exact) mass is 353 g/mol. The number of anilines is 1. The average Bonchev–Trinajstić information content (AvgIpc) is 2.49. The van der Waals surface area contributed by atoms with Gasteiger partial charge in [0.15, 0.2) is 0 Å². The molecule has 1 heterocycles. The third-order valence-electron chi connectivity index (χ3n) is 3.91. The van der Waals surface area contributed by atoms with Crippen LogP contribution in [0.4, 0.5) is 10.5 Å². The summed E-state index contributed by atoms with van der Waals surface area (Å²) in [4.78, 5) is 16.6. The van der Waals surface area contributed by atoms with Gasteiger partial charge in [-0.3, -0.25) is 4.90 Å². The Morgan fingerprint density at radius 3 is 2.62 bits per heavy atom. The molecule has 0 radical (unpaired) electrons. The molecule has 5 heteroatoms. The number of urea groups is 1. The molecule has 1 N–H and O–H groups in total. The van der Waals surface area contributed by atoms with E-state index in [1.165, 1.54) is 12.8 Å². The number of carbonyl (C=O) groups excluding carboxylic acids is 1. The van der Waals surface area contributed by atoms with E-state index in [1.54, 1.807) is 0 Å². The maximum Gasteiger partial charge on any atom is 0.321 e.